The second-order valence-corrected chi connectivity index (χ2v) is 7.20. The van der Waals surface area contributed by atoms with Crippen LogP contribution in [-0.4, -0.2) is 47.9 Å². The summed E-state index contributed by atoms with van der Waals surface area (Å²) in [7, 11) is -1.86. The number of rotatable bonds is 4. The Morgan fingerprint density at radius 1 is 1.24 bits per heavy atom. The summed E-state index contributed by atoms with van der Waals surface area (Å²) >= 11 is 3.13. The number of methoxy groups -OCH3 is 2. The van der Waals surface area contributed by atoms with Crippen molar-refractivity contribution in [3.8, 4) is 0 Å². The van der Waals surface area contributed by atoms with Crippen LogP contribution in [-0.2, 0) is 33.8 Å². The molecule has 136 valence electrons. The molecule has 0 aromatic heterocycles. The number of nitrogens with zero attached hydrogens (tertiary/aromatic N) is 1. The smallest absolute Gasteiger partial charge is 0.355 e. The SMILES string of the molecule is COC(=O)C1=C(C(=O)OC)N(c2cccc(Br)c2S(N)(=O)=O)COC1. The Balaban J connectivity index is 2.76. The Morgan fingerprint density at radius 2 is 1.88 bits per heavy atom. The first-order chi connectivity index (χ1) is 11.7. The van der Waals surface area contributed by atoms with Gasteiger partial charge in [-0.15, -0.1) is 0 Å². The van der Waals surface area contributed by atoms with Gasteiger partial charge < -0.3 is 19.1 Å². The molecule has 0 aliphatic carbocycles. The molecule has 0 fully saturated rings. The topological polar surface area (TPSA) is 125 Å². The Kier molecular flexibility index (Phi) is 5.83. The number of ether oxygens (including phenoxy) is 3. The summed E-state index contributed by atoms with van der Waals surface area (Å²) in [5, 5.41) is 5.29. The second-order valence-electron chi connectivity index (χ2n) is 4.85. The number of carbonyl (C=O) groups is 2. The highest BCUT2D eigenvalue weighted by Crippen LogP contribution is 2.35. The molecule has 0 saturated carbocycles. The van der Waals surface area contributed by atoms with Crippen molar-refractivity contribution in [2.45, 2.75) is 4.90 Å². The van der Waals surface area contributed by atoms with E-state index in [9.17, 15) is 18.0 Å². The van der Waals surface area contributed by atoms with Crippen molar-refractivity contribution in [3.63, 3.8) is 0 Å². The molecule has 1 aliphatic rings. The minimum absolute atomic E-state index is 0.0541. The molecule has 0 atom stereocenters. The van der Waals surface area contributed by atoms with E-state index in [4.69, 9.17) is 14.6 Å². The fourth-order valence-corrected chi connectivity index (χ4v) is 4.17. The fraction of sp³-hybridized carbons (Fsp3) is 0.286. The zero-order valence-electron chi connectivity index (χ0n) is 13.3. The molecule has 1 heterocycles. The van der Waals surface area contributed by atoms with Crippen molar-refractivity contribution in [1.82, 2.24) is 0 Å². The number of carbonyl (C=O) groups excluding carboxylic acids is 2. The van der Waals surface area contributed by atoms with Gasteiger partial charge >= 0.3 is 11.9 Å². The fourth-order valence-electron chi connectivity index (χ4n) is 2.33. The summed E-state index contributed by atoms with van der Waals surface area (Å²) in [6.07, 6.45) is 0. The number of hydrogen-bond acceptors (Lipinski definition) is 8. The molecule has 0 saturated heterocycles. The maximum atomic E-state index is 12.2. The van der Waals surface area contributed by atoms with Crippen LogP contribution in [0.15, 0.2) is 38.8 Å². The van der Waals surface area contributed by atoms with Crippen LogP contribution in [0, 0.1) is 0 Å². The van der Waals surface area contributed by atoms with Crippen LogP contribution in [0.5, 0.6) is 0 Å². The summed E-state index contributed by atoms with van der Waals surface area (Å²) in [4.78, 5) is 25.2. The minimum Gasteiger partial charge on any atom is -0.466 e. The molecular formula is C14H15BrN2O7S. The molecule has 0 spiro atoms. The van der Waals surface area contributed by atoms with Gasteiger partial charge in [-0.3, -0.25) is 0 Å². The summed E-state index contributed by atoms with van der Waals surface area (Å²) in [5.41, 5.74) is -0.220. The zero-order valence-corrected chi connectivity index (χ0v) is 15.7. The van der Waals surface area contributed by atoms with E-state index >= 15 is 0 Å². The lowest BCUT2D eigenvalue weighted by Gasteiger charge is -2.32. The lowest BCUT2D eigenvalue weighted by Crippen LogP contribution is -2.39. The van der Waals surface area contributed by atoms with Crippen molar-refractivity contribution in [3.05, 3.63) is 33.9 Å². The molecule has 11 heteroatoms. The third-order valence-corrected chi connectivity index (χ3v) is 5.28. The standard InChI is InChI=1S/C14H15BrN2O7S/c1-22-13(18)8-6-24-7-17(11(8)14(19)23-2)10-5-3-4-9(15)12(10)25(16,20)21/h3-5H,6-7H2,1-2H3,(H2,16,20,21). The third kappa shape index (κ3) is 3.84. The number of esters is 2. The predicted octanol–water partition coefficient (Wildman–Crippen LogP) is 0.491. The normalized spacial score (nSPS) is 15.1. The number of hydrogen-bond donors (Lipinski definition) is 1. The van der Waals surface area contributed by atoms with Gasteiger partial charge in [0.1, 0.15) is 17.3 Å². The summed E-state index contributed by atoms with van der Waals surface area (Å²) < 4.78 is 38.9. The molecule has 1 aromatic rings. The summed E-state index contributed by atoms with van der Waals surface area (Å²) in [5.74, 6) is -1.64. The highest BCUT2D eigenvalue weighted by Gasteiger charge is 2.35. The van der Waals surface area contributed by atoms with E-state index in [1.165, 1.54) is 17.0 Å². The second kappa shape index (κ2) is 7.52. The molecule has 2 N–H and O–H groups in total. The van der Waals surface area contributed by atoms with E-state index in [-0.39, 0.29) is 39.7 Å². The van der Waals surface area contributed by atoms with Crippen molar-refractivity contribution in [1.29, 1.82) is 0 Å². The van der Waals surface area contributed by atoms with Gasteiger partial charge in [0.25, 0.3) is 0 Å². The number of halogens is 1. The Morgan fingerprint density at radius 3 is 2.44 bits per heavy atom. The maximum Gasteiger partial charge on any atom is 0.355 e. The van der Waals surface area contributed by atoms with Crippen LogP contribution in [0.1, 0.15) is 0 Å². The highest BCUT2D eigenvalue weighted by atomic mass is 79.9. The first-order valence-electron chi connectivity index (χ1n) is 6.78. The lowest BCUT2D eigenvalue weighted by atomic mass is 10.1. The van der Waals surface area contributed by atoms with Crippen LogP contribution in [0.3, 0.4) is 0 Å². The van der Waals surface area contributed by atoms with Gasteiger partial charge in [0.15, 0.2) is 0 Å². The molecule has 9 nitrogen and oxygen atoms in total. The first kappa shape index (κ1) is 19.4. The van der Waals surface area contributed by atoms with E-state index in [1.807, 2.05) is 0 Å². The van der Waals surface area contributed by atoms with Crippen LogP contribution in [0.2, 0.25) is 0 Å². The summed E-state index contributed by atoms with van der Waals surface area (Å²) in [6, 6.07) is 4.46. The Hall–Kier alpha value is -1.95. The Labute approximate surface area is 152 Å². The van der Waals surface area contributed by atoms with E-state index in [2.05, 4.69) is 20.7 Å². The highest BCUT2D eigenvalue weighted by molar-refractivity contribution is 9.10. The average molecular weight is 435 g/mol. The number of sulfonamides is 1. The molecule has 0 amide bonds. The van der Waals surface area contributed by atoms with Crippen molar-refractivity contribution in [2.75, 3.05) is 32.5 Å². The van der Waals surface area contributed by atoms with Gasteiger partial charge in [-0.05, 0) is 28.1 Å². The van der Waals surface area contributed by atoms with Crippen LogP contribution in [0.25, 0.3) is 0 Å². The van der Waals surface area contributed by atoms with E-state index in [0.29, 0.717) is 0 Å². The quantitative estimate of drug-likeness (QED) is 0.678. The molecule has 25 heavy (non-hydrogen) atoms. The van der Waals surface area contributed by atoms with Gasteiger partial charge in [0.05, 0.1) is 32.1 Å². The van der Waals surface area contributed by atoms with Crippen LogP contribution >= 0.6 is 15.9 Å². The molecule has 1 aromatic carbocycles. The zero-order chi connectivity index (χ0) is 18.8. The third-order valence-electron chi connectivity index (χ3n) is 3.35. The van der Waals surface area contributed by atoms with Crippen molar-refractivity contribution in [2.24, 2.45) is 5.14 Å². The molecular weight excluding hydrogens is 420 g/mol. The van der Waals surface area contributed by atoms with E-state index in [1.54, 1.807) is 6.07 Å². The van der Waals surface area contributed by atoms with Gasteiger partial charge in [0.2, 0.25) is 10.0 Å². The number of primary sulfonamides is 1. The number of nitrogens with two attached hydrogens (primary N) is 1. The van der Waals surface area contributed by atoms with Crippen molar-refractivity contribution < 1.29 is 32.2 Å². The van der Waals surface area contributed by atoms with Crippen LogP contribution < -0.4 is 10.0 Å². The molecule has 0 bridgehead atoms. The molecule has 0 radical (unpaired) electrons. The largest absolute Gasteiger partial charge is 0.466 e. The van der Waals surface area contributed by atoms with Crippen molar-refractivity contribution >= 4 is 43.6 Å². The molecule has 1 aliphatic heterocycles. The summed E-state index contributed by atoms with van der Waals surface area (Å²) in [6.45, 7) is -0.379. The van der Waals surface area contributed by atoms with Crippen LogP contribution in [0.4, 0.5) is 5.69 Å². The van der Waals surface area contributed by atoms with E-state index < -0.39 is 22.0 Å². The van der Waals surface area contributed by atoms with E-state index in [0.717, 1.165) is 14.2 Å². The minimum atomic E-state index is -4.15. The monoisotopic (exact) mass is 434 g/mol. The predicted molar refractivity (Wildman–Crippen MR) is 89.9 cm³/mol. The number of anilines is 1. The lowest BCUT2D eigenvalue weighted by molar-refractivity contribution is -0.140. The molecule has 0 unspecified atom stereocenters. The number of benzene rings is 1. The van der Waals surface area contributed by atoms with Gasteiger partial charge in [-0.1, -0.05) is 6.07 Å². The maximum absolute atomic E-state index is 12.2. The van der Waals surface area contributed by atoms with Gasteiger partial charge in [0, 0.05) is 4.47 Å². The Bertz CT molecular complexity index is 851. The van der Waals surface area contributed by atoms with Gasteiger partial charge in [-0.25, -0.2) is 23.1 Å². The first-order valence-corrected chi connectivity index (χ1v) is 9.12. The molecule has 2 rings (SSSR count). The average Bonchev–Trinajstić information content (AvgIpc) is 2.58. The van der Waals surface area contributed by atoms with Gasteiger partial charge in [-0.2, -0.15) is 0 Å².